The number of aliphatic carboxylic acids is 2. The molecule has 2 amide bonds. The molecule has 2 aliphatic rings. The molecule has 2 aliphatic heterocycles. The number of carbonyl (C=O) groups is 4. The largest absolute Gasteiger partial charge is 0.483 e. The number of nitrogens with zero attached hydrogens (tertiary/aromatic N) is 4. The van der Waals surface area contributed by atoms with Crippen LogP contribution in [0.5, 0.6) is 5.75 Å². The highest BCUT2D eigenvalue weighted by Gasteiger charge is 2.54. The van der Waals surface area contributed by atoms with Gasteiger partial charge < -0.3 is 30.8 Å². The van der Waals surface area contributed by atoms with Gasteiger partial charge >= 0.3 is 11.9 Å². The highest BCUT2D eigenvalue weighted by atomic mass is 32.2. The number of β-lactam (4-membered cyclic amide) rings is 1. The first kappa shape index (κ1) is 28.2. The van der Waals surface area contributed by atoms with E-state index in [1.54, 1.807) is 0 Å². The van der Waals surface area contributed by atoms with Gasteiger partial charge in [-0.25, -0.2) is 9.59 Å². The van der Waals surface area contributed by atoms with Gasteiger partial charge in [0, 0.05) is 22.8 Å². The molecule has 17 heteroatoms. The van der Waals surface area contributed by atoms with Gasteiger partial charge in [0.1, 0.15) is 27.9 Å². The smallest absolute Gasteiger partial charge is 0.352 e. The SMILES string of the molecule is Cc1nnc(SCC2=C(C(=O)O)N3C(=O)[C@@H](NC(=O)COc4ccc(N)cc4/C=N/OCC(=O)O)[C@H]3SC2)s1. The van der Waals surface area contributed by atoms with Crippen LogP contribution in [0.15, 0.2) is 39.0 Å². The summed E-state index contributed by atoms with van der Waals surface area (Å²) in [5.41, 5.74) is 7.00. The van der Waals surface area contributed by atoms with Crippen molar-refractivity contribution in [3.8, 4) is 5.75 Å². The van der Waals surface area contributed by atoms with E-state index in [1.165, 1.54) is 64.2 Å². The lowest BCUT2D eigenvalue weighted by Crippen LogP contribution is -2.70. The van der Waals surface area contributed by atoms with Gasteiger partial charge in [0.25, 0.3) is 11.8 Å². The molecular formula is C22H22N6O8S3. The van der Waals surface area contributed by atoms with Crippen molar-refractivity contribution < 1.29 is 39.0 Å². The Morgan fingerprint density at radius 1 is 1.31 bits per heavy atom. The molecule has 1 fully saturated rings. The van der Waals surface area contributed by atoms with Crippen molar-refractivity contribution in [3.63, 3.8) is 0 Å². The van der Waals surface area contributed by atoms with Crippen LogP contribution in [-0.2, 0) is 24.0 Å². The molecule has 4 rings (SSSR count). The molecular weight excluding hydrogens is 572 g/mol. The Morgan fingerprint density at radius 2 is 2.10 bits per heavy atom. The molecule has 5 N–H and O–H groups in total. The van der Waals surface area contributed by atoms with Crippen LogP contribution in [-0.4, -0.2) is 91.4 Å². The fraction of sp³-hybridized carbons (Fsp3) is 0.318. The second kappa shape index (κ2) is 12.4. The van der Waals surface area contributed by atoms with Gasteiger partial charge in [-0.1, -0.05) is 28.3 Å². The summed E-state index contributed by atoms with van der Waals surface area (Å²) in [6.45, 7) is 0.740. The summed E-state index contributed by atoms with van der Waals surface area (Å²) >= 11 is 4.12. The van der Waals surface area contributed by atoms with Crippen LogP contribution < -0.4 is 15.8 Å². The van der Waals surface area contributed by atoms with Crippen molar-refractivity contribution in [1.29, 1.82) is 0 Å². The van der Waals surface area contributed by atoms with Crippen LogP contribution >= 0.6 is 34.9 Å². The Labute approximate surface area is 233 Å². The molecule has 1 saturated heterocycles. The number of ether oxygens (including phenoxy) is 1. The Morgan fingerprint density at radius 3 is 2.79 bits per heavy atom. The lowest BCUT2D eigenvalue weighted by atomic mass is 10.0. The number of carboxylic acids is 2. The zero-order valence-electron chi connectivity index (χ0n) is 20.2. The summed E-state index contributed by atoms with van der Waals surface area (Å²) in [5.74, 6) is -2.58. The number of hydrogen-bond donors (Lipinski definition) is 4. The molecule has 206 valence electrons. The molecule has 3 heterocycles. The minimum absolute atomic E-state index is 0.0739. The van der Waals surface area contributed by atoms with E-state index in [4.69, 9.17) is 15.6 Å². The summed E-state index contributed by atoms with van der Waals surface area (Å²) in [7, 11) is 0. The highest BCUT2D eigenvalue weighted by Crippen LogP contribution is 2.41. The lowest BCUT2D eigenvalue weighted by molar-refractivity contribution is -0.150. The Hall–Kier alpha value is -3.83. The topological polar surface area (TPSA) is 207 Å². The fourth-order valence-electron chi connectivity index (χ4n) is 3.62. The van der Waals surface area contributed by atoms with E-state index in [2.05, 4.69) is 25.5 Å². The number of amides is 2. The molecule has 0 unspecified atom stereocenters. The van der Waals surface area contributed by atoms with E-state index in [1.807, 2.05) is 6.92 Å². The van der Waals surface area contributed by atoms with Crippen LogP contribution in [0.2, 0.25) is 0 Å². The van der Waals surface area contributed by atoms with Crippen LogP contribution in [0.25, 0.3) is 0 Å². The number of rotatable bonds is 12. The Bertz CT molecular complexity index is 1360. The standard InChI is InChI=1S/C22H22N6O8S3/c1-10-26-27-22(39-10)38-9-12-8-37-20-17(19(32)28(20)18(12)21(33)34)25-15(29)6-35-14-3-2-13(23)4-11(14)5-24-36-7-16(30)31/h2-5,17,20H,6-9,23H2,1H3,(H,25,29)(H,30,31)(H,33,34)/b24-5+/t17-,20-/m1/s1. The zero-order chi connectivity index (χ0) is 28.1. The maximum absolute atomic E-state index is 12.9. The zero-order valence-corrected chi connectivity index (χ0v) is 22.7. The number of thioether (sulfide) groups is 2. The number of hydrogen-bond acceptors (Lipinski definition) is 13. The molecule has 0 aliphatic carbocycles. The third kappa shape index (κ3) is 6.79. The number of benzene rings is 1. The van der Waals surface area contributed by atoms with Gasteiger partial charge in [-0.3, -0.25) is 14.5 Å². The van der Waals surface area contributed by atoms with E-state index < -0.39 is 48.4 Å². The number of aryl methyl sites for hydroxylation is 1. The summed E-state index contributed by atoms with van der Waals surface area (Å²) in [6.07, 6.45) is 1.19. The summed E-state index contributed by atoms with van der Waals surface area (Å²) < 4.78 is 6.25. The first-order valence-corrected chi connectivity index (χ1v) is 14.0. The first-order valence-electron chi connectivity index (χ1n) is 11.2. The Kier molecular flexibility index (Phi) is 8.93. The number of carboxylic acid groups (broad SMARTS) is 2. The molecule has 0 spiro atoms. The Balaban J connectivity index is 1.35. The maximum Gasteiger partial charge on any atom is 0.352 e. The molecule has 39 heavy (non-hydrogen) atoms. The molecule has 0 saturated carbocycles. The van der Waals surface area contributed by atoms with Gasteiger partial charge in [0.2, 0.25) is 6.61 Å². The van der Waals surface area contributed by atoms with E-state index in [-0.39, 0.29) is 11.4 Å². The van der Waals surface area contributed by atoms with Crippen molar-refractivity contribution in [2.24, 2.45) is 5.16 Å². The van der Waals surface area contributed by atoms with Gasteiger partial charge in [0.05, 0.1) is 6.21 Å². The fourth-order valence-corrected chi connectivity index (χ4v) is 6.92. The molecule has 2 aromatic rings. The summed E-state index contributed by atoms with van der Waals surface area (Å²) in [5, 5.41) is 32.8. The molecule has 2 atom stereocenters. The van der Waals surface area contributed by atoms with Crippen LogP contribution in [0.4, 0.5) is 5.69 Å². The monoisotopic (exact) mass is 594 g/mol. The van der Waals surface area contributed by atoms with Crippen molar-refractivity contribution in [1.82, 2.24) is 20.4 Å². The number of nitrogens with two attached hydrogens (primary N) is 1. The second-order valence-electron chi connectivity index (χ2n) is 8.08. The van der Waals surface area contributed by atoms with Crippen molar-refractivity contribution in [2.45, 2.75) is 22.7 Å². The number of nitrogens with one attached hydrogen (secondary N) is 1. The van der Waals surface area contributed by atoms with Crippen molar-refractivity contribution in [3.05, 3.63) is 40.0 Å². The van der Waals surface area contributed by atoms with Crippen LogP contribution in [0.1, 0.15) is 10.6 Å². The third-order valence-electron chi connectivity index (χ3n) is 5.29. The average molecular weight is 595 g/mol. The van der Waals surface area contributed by atoms with Gasteiger partial charge in [-0.05, 0) is 30.7 Å². The maximum atomic E-state index is 12.9. The van der Waals surface area contributed by atoms with Gasteiger partial charge in [-0.15, -0.1) is 22.0 Å². The number of oxime groups is 1. The summed E-state index contributed by atoms with van der Waals surface area (Å²) in [6, 6.07) is 3.63. The van der Waals surface area contributed by atoms with E-state index in [9.17, 15) is 24.3 Å². The summed E-state index contributed by atoms with van der Waals surface area (Å²) in [4.78, 5) is 53.9. The average Bonchev–Trinajstić information content (AvgIpc) is 3.32. The number of fused-ring (bicyclic) bond motifs is 1. The van der Waals surface area contributed by atoms with E-state index >= 15 is 0 Å². The lowest BCUT2D eigenvalue weighted by Gasteiger charge is -2.49. The highest BCUT2D eigenvalue weighted by molar-refractivity contribution is 8.01. The van der Waals surface area contributed by atoms with Crippen LogP contribution in [0, 0.1) is 6.92 Å². The number of aromatic nitrogens is 2. The predicted octanol–water partition coefficient (Wildman–Crippen LogP) is 0.774. The van der Waals surface area contributed by atoms with Crippen molar-refractivity contribution in [2.75, 3.05) is 30.5 Å². The minimum Gasteiger partial charge on any atom is -0.483 e. The van der Waals surface area contributed by atoms with E-state index in [0.29, 0.717) is 32.7 Å². The number of anilines is 1. The quantitative estimate of drug-likeness (QED) is 0.0882. The van der Waals surface area contributed by atoms with Crippen molar-refractivity contribution >= 4 is 70.5 Å². The molecule has 0 radical (unpaired) electrons. The minimum atomic E-state index is -1.21. The number of carbonyl (C=O) groups excluding carboxylic acids is 2. The van der Waals surface area contributed by atoms with Crippen LogP contribution in [0.3, 0.4) is 0 Å². The first-order chi connectivity index (χ1) is 18.6. The molecule has 1 aromatic carbocycles. The van der Waals surface area contributed by atoms with Gasteiger partial charge in [0.15, 0.2) is 10.9 Å². The second-order valence-corrected chi connectivity index (χ2v) is 11.6. The number of nitrogen functional groups attached to an aromatic ring is 1. The molecule has 1 aromatic heterocycles. The third-order valence-corrected chi connectivity index (χ3v) is 8.69. The molecule has 0 bridgehead atoms. The predicted molar refractivity (Wildman–Crippen MR) is 143 cm³/mol. The van der Waals surface area contributed by atoms with Gasteiger partial charge in [-0.2, -0.15) is 0 Å². The van der Waals surface area contributed by atoms with E-state index in [0.717, 1.165) is 5.01 Å². The normalized spacial score (nSPS) is 18.5. The molecule has 14 nitrogen and oxygen atoms in total.